The maximum Gasteiger partial charge on any atom is 0.305 e. The zero-order chi connectivity index (χ0) is 18.9. The van der Waals surface area contributed by atoms with Crippen LogP contribution in [-0.4, -0.2) is 40.9 Å². The van der Waals surface area contributed by atoms with E-state index in [9.17, 15) is 9.59 Å². The minimum Gasteiger partial charge on any atom is -0.493 e. The molecule has 1 aromatic carbocycles. The first kappa shape index (κ1) is 20.5. The lowest BCUT2D eigenvalue weighted by molar-refractivity contribution is -0.144. The smallest absolute Gasteiger partial charge is 0.305 e. The predicted molar refractivity (Wildman–Crippen MR) is 108 cm³/mol. The number of carbonyl (C=O) groups excluding carboxylic acids is 2. The first-order valence-electron chi connectivity index (χ1n) is 8.69. The van der Waals surface area contributed by atoms with Crippen molar-refractivity contribution in [3.8, 4) is 5.75 Å². The first-order valence-corrected chi connectivity index (χ1v) is 9.92. The van der Waals surface area contributed by atoms with Crippen LogP contribution >= 0.6 is 24.0 Å². The Bertz CT molecular complexity index is 703. The Labute approximate surface area is 163 Å². The molecule has 1 aliphatic heterocycles. The van der Waals surface area contributed by atoms with Crippen LogP contribution < -0.4 is 4.74 Å². The molecule has 0 unspecified atom stereocenters. The number of amides is 1. The van der Waals surface area contributed by atoms with E-state index in [-0.39, 0.29) is 18.3 Å². The average Bonchev–Trinajstić information content (AvgIpc) is 2.89. The molecular weight excluding hydrogens is 370 g/mol. The number of esters is 1. The molecule has 0 radical (unpaired) electrons. The lowest BCUT2D eigenvalue weighted by Gasteiger charge is -2.13. The Morgan fingerprint density at radius 1 is 1.31 bits per heavy atom. The number of thiocarbonyl (C=S) groups is 1. The largest absolute Gasteiger partial charge is 0.493 e. The zero-order valence-corrected chi connectivity index (χ0v) is 16.7. The summed E-state index contributed by atoms with van der Waals surface area (Å²) in [7, 11) is 0. The van der Waals surface area contributed by atoms with Gasteiger partial charge in [-0.1, -0.05) is 49.1 Å². The van der Waals surface area contributed by atoms with Crippen LogP contribution in [-0.2, 0) is 14.3 Å². The quantitative estimate of drug-likeness (QED) is 0.359. The van der Waals surface area contributed by atoms with Gasteiger partial charge in [0.2, 0.25) is 0 Å². The van der Waals surface area contributed by atoms with Gasteiger partial charge in [-0.25, -0.2) is 0 Å². The highest BCUT2D eigenvalue weighted by molar-refractivity contribution is 8.26. The number of hydrogen-bond acceptors (Lipinski definition) is 6. The molecule has 1 aliphatic rings. The summed E-state index contributed by atoms with van der Waals surface area (Å²) in [6.07, 6.45) is 3.41. The Morgan fingerprint density at radius 3 is 2.81 bits per heavy atom. The van der Waals surface area contributed by atoms with Crippen molar-refractivity contribution in [2.75, 3.05) is 19.8 Å². The van der Waals surface area contributed by atoms with Crippen molar-refractivity contribution in [3.05, 3.63) is 34.7 Å². The number of carbonyl (C=O) groups is 2. The molecule has 1 heterocycles. The Hall–Kier alpha value is -1.86. The SMILES string of the molecule is CCCOC(=O)CCCN1C(=O)/C(=C\c2ccccc2OCC)SC1=S. The van der Waals surface area contributed by atoms with Crippen LogP contribution in [0.25, 0.3) is 6.08 Å². The molecule has 7 heteroatoms. The van der Waals surface area contributed by atoms with Gasteiger partial charge in [0, 0.05) is 18.5 Å². The number of hydrogen-bond donors (Lipinski definition) is 0. The molecule has 1 amide bonds. The molecule has 140 valence electrons. The van der Waals surface area contributed by atoms with Crippen LogP contribution in [0.2, 0.25) is 0 Å². The normalized spacial score (nSPS) is 15.6. The standard InChI is InChI=1S/C19H23NO4S2/c1-3-12-24-17(21)10-7-11-20-18(22)16(26-19(20)25)13-14-8-5-6-9-15(14)23-4-2/h5-6,8-9,13H,3-4,7,10-12H2,1-2H3/b16-13+. The van der Waals surface area contributed by atoms with Gasteiger partial charge in [0.25, 0.3) is 5.91 Å². The van der Waals surface area contributed by atoms with E-state index in [2.05, 4.69) is 0 Å². The van der Waals surface area contributed by atoms with Crippen LogP contribution in [0.5, 0.6) is 5.75 Å². The summed E-state index contributed by atoms with van der Waals surface area (Å²) < 4.78 is 11.1. The molecule has 0 spiro atoms. The van der Waals surface area contributed by atoms with Crippen molar-refractivity contribution in [1.82, 2.24) is 4.90 Å². The number of thioether (sulfide) groups is 1. The van der Waals surface area contributed by atoms with Gasteiger partial charge in [0.15, 0.2) is 0 Å². The predicted octanol–water partition coefficient (Wildman–Crippen LogP) is 4.02. The number of ether oxygens (including phenoxy) is 2. The van der Waals surface area contributed by atoms with Gasteiger partial charge in [-0.2, -0.15) is 0 Å². The lowest BCUT2D eigenvalue weighted by Crippen LogP contribution is -2.29. The van der Waals surface area contributed by atoms with Crippen molar-refractivity contribution >= 4 is 46.3 Å². The second-order valence-corrected chi connectivity index (χ2v) is 7.30. The van der Waals surface area contributed by atoms with E-state index in [1.165, 1.54) is 11.8 Å². The molecule has 5 nitrogen and oxygen atoms in total. The highest BCUT2D eigenvalue weighted by Gasteiger charge is 2.31. The maximum absolute atomic E-state index is 12.6. The summed E-state index contributed by atoms with van der Waals surface area (Å²) in [5.41, 5.74) is 0.845. The molecule has 1 fully saturated rings. The molecule has 0 atom stereocenters. The molecule has 2 rings (SSSR count). The topological polar surface area (TPSA) is 55.8 Å². The zero-order valence-electron chi connectivity index (χ0n) is 15.0. The number of rotatable bonds is 9. The van der Waals surface area contributed by atoms with Crippen molar-refractivity contribution in [2.24, 2.45) is 0 Å². The highest BCUT2D eigenvalue weighted by Crippen LogP contribution is 2.34. The van der Waals surface area contributed by atoms with E-state index in [4.69, 9.17) is 21.7 Å². The third-order valence-electron chi connectivity index (χ3n) is 3.61. The Kier molecular flexibility index (Phi) is 8.12. The first-order chi connectivity index (χ1) is 12.6. The number of benzene rings is 1. The van der Waals surface area contributed by atoms with Gasteiger partial charge >= 0.3 is 5.97 Å². The van der Waals surface area contributed by atoms with Crippen molar-refractivity contribution < 1.29 is 19.1 Å². The summed E-state index contributed by atoms with van der Waals surface area (Å²) in [5, 5.41) is 0. The third-order valence-corrected chi connectivity index (χ3v) is 4.99. The van der Waals surface area contributed by atoms with Crippen LogP contribution in [0.4, 0.5) is 0 Å². The average molecular weight is 394 g/mol. The molecule has 0 saturated carbocycles. The van der Waals surface area contributed by atoms with Gasteiger partial charge < -0.3 is 9.47 Å². The van der Waals surface area contributed by atoms with Crippen molar-refractivity contribution in [2.45, 2.75) is 33.1 Å². The van der Waals surface area contributed by atoms with E-state index in [0.717, 1.165) is 17.7 Å². The fourth-order valence-electron chi connectivity index (χ4n) is 2.39. The summed E-state index contributed by atoms with van der Waals surface area (Å²) in [6.45, 7) is 5.27. The van der Waals surface area contributed by atoms with Gasteiger partial charge in [-0.3, -0.25) is 14.5 Å². The summed E-state index contributed by atoms with van der Waals surface area (Å²) in [4.78, 5) is 26.3. The maximum atomic E-state index is 12.6. The minimum absolute atomic E-state index is 0.131. The van der Waals surface area contributed by atoms with Gasteiger partial charge in [0.1, 0.15) is 10.1 Å². The summed E-state index contributed by atoms with van der Waals surface area (Å²) >= 11 is 6.60. The fourth-order valence-corrected chi connectivity index (χ4v) is 3.69. The second kappa shape index (κ2) is 10.3. The van der Waals surface area contributed by atoms with Crippen LogP contribution in [0.3, 0.4) is 0 Å². The number of nitrogens with zero attached hydrogens (tertiary/aromatic N) is 1. The third kappa shape index (κ3) is 5.57. The fraction of sp³-hybridized carbons (Fsp3) is 0.421. The van der Waals surface area contributed by atoms with Crippen LogP contribution in [0, 0.1) is 0 Å². The van der Waals surface area contributed by atoms with Crippen LogP contribution in [0.1, 0.15) is 38.7 Å². The molecule has 0 aromatic heterocycles. The molecule has 0 aliphatic carbocycles. The van der Waals surface area contributed by atoms with E-state index in [0.29, 0.717) is 35.4 Å². The van der Waals surface area contributed by atoms with E-state index < -0.39 is 0 Å². The number of para-hydroxylation sites is 1. The molecular formula is C19H23NO4S2. The van der Waals surface area contributed by atoms with Crippen molar-refractivity contribution in [1.29, 1.82) is 0 Å². The minimum atomic E-state index is -0.238. The molecule has 1 saturated heterocycles. The molecule has 26 heavy (non-hydrogen) atoms. The molecule has 1 aromatic rings. The van der Waals surface area contributed by atoms with Gasteiger partial charge in [-0.05, 0) is 31.9 Å². The Balaban J connectivity index is 1.99. The van der Waals surface area contributed by atoms with Gasteiger partial charge in [-0.15, -0.1) is 0 Å². The van der Waals surface area contributed by atoms with E-state index in [1.807, 2.05) is 38.1 Å². The van der Waals surface area contributed by atoms with Gasteiger partial charge in [0.05, 0.1) is 18.1 Å². The van der Waals surface area contributed by atoms with E-state index >= 15 is 0 Å². The highest BCUT2D eigenvalue weighted by atomic mass is 32.2. The van der Waals surface area contributed by atoms with Crippen LogP contribution in [0.15, 0.2) is 29.2 Å². The lowest BCUT2D eigenvalue weighted by atomic mass is 10.2. The summed E-state index contributed by atoms with van der Waals surface area (Å²) in [5.74, 6) is 0.366. The monoisotopic (exact) mass is 393 g/mol. The molecule has 0 N–H and O–H groups in total. The molecule has 0 bridgehead atoms. The van der Waals surface area contributed by atoms with E-state index in [1.54, 1.807) is 11.0 Å². The second-order valence-electron chi connectivity index (χ2n) is 5.63. The summed E-state index contributed by atoms with van der Waals surface area (Å²) in [6, 6.07) is 7.57. The van der Waals surface area contributed by atoms with Crippen molar-refractivity contribution in [3.63, 3.8) is 0 Å². The Morgan fingerprint density at radius 2 is 2.08 bits per heavy atom.